The monoisotopic (exact) mass is 336 g/mol. The van der Waals surface area contributed by atoms with Gasteiger partial charge in [0.25, 0.3) is 0 Å². The highest BCUT2D eigenvalue weighted by Gasteiger charge is 2.31. The van der Waals surface area contributed by atoms with Crippen molar-refractivity contribution in [3.8, 4) is 5.75 Å². The molecule has 0 aliphatic carbocycles. The van der Waals surface area contributed by atoms with Crippen LogP contribution >= 0.6 is 0 Å². The van der Waals surface area contributed by atoms with E-state index in [1.807, 2.05) is 34.8 Å². The highest BCUT2D eigenvalue weighted by molar-refractivity contribution is 5.30. The maximum absolute atomic E-state index is 12.3. The van der Waals surface area contributed by atoms with E-state index in [1.165, 1.54) is 12.1 Å². The molecule has 0 aliphatic rings. The van der Waals surface area contributed by atoms with Gasteiger partial charge in [0.05, 0.1) is 5.69 Å². The Morgan fingerprint density at radius 2 is 2.04 bits per heavy atom. The predicted octanol–water partition coefficient (Wildman–Crippen LogP) is 3.26. The summed E-state index contributed by atoms with van der Waals surface area (Å²) in [4.78, 5) is 10.5. The van der Waals surface area contributed by atoms with Crippen molar-refractivity contribution < 1.29 is 17.9 Å². The maximum Gasteiger partial charge on any atom is 0.573 e. The molecule has 1 aromatic carbocycles. The lowest BCUT2D eigenvalue weighted by Crippen LogP contribution is -2.19. The highest BCUT2D eigenvalue weighted by atomic mass is 19.4. The van der Waals surface area contributed by atoms with Crippen molar-refractivity contribution in [1.29, 1.82) is 0 Å². The Balaban J connectivity index is 1.66. The third-order valence-electron chi connectivity index (χ3n) is 3.30. The lowest BCUT2D eigenvalue weighted by atomic mass is 10.2. The van der Waals surface area contributed by atoms with E-state index in [0.717, 1.165) is 11.3 Å². The van der Waals surface area contributed by atoms with E-state index in [-0.39, 0.29) is 5.75 Å². The number of fused-ring (bicyclic) bond motifs is 1. The first kappa shape index (κ1) is 16.3. The largest absolute Gasteiger partial charge is 0.573 e. The third kappa shape index (κ3) is 4.23. The van der Waals surface area contributed by atoms with Crippen molar-refractivity contribution in [1.82, 2.24) is 19.3 Å². The standard InChI is InChI=1S/C16H15F3N4O/c1-22(10-13-11-23-7-3-6-20-15(23)21-13)9-12-4-2-5-14(8-12)24-16(17,18)19/h2-8,11H,9-10H2,1H3. The summed E-state index contributed by atoms with van der Waals surface area (Å²) in [5.41, 5.74) is 1.56. The van der Waals surface area contributed by atoms with Crippen molar-refractivity contribution in [2.45, 2.75) is 19.5 Å². The van der Waals surface area contributed by atoms with Gasteiger partial charge in [-0.25, -0.2) is 9.97 Å². The number of nitrogens with zero attached hydrogens (tertiary/aromatic N) is 4. The topological polar surface area (TPSA) is 42.7 Å². The van der Waals surface area contributed by atoms with Crippen LogP contribution < -0.4 is 4.74 Å². The number of halogens is 3. The third-order valence-corrected chi connectivity index (χ3v) is 3.30. The van der Waals surface area contributed by atoms with Crippen LogP contribution in [0.5, 0.6) is 5.75 Å². The summed E-state index contributed by atoms with van der Waals surface area (Å²) in [5.74, 6) is 0.395. The molecule has 3 aromatic rings. The smallest absolute Gasteiger partial charge is 0.406 e. The van der Waals surface area contributed by atoms with E-state index in [2.05, 4.69) is 14.7 Å². The molecule has 0 saturated heterocycles. The van der Waals surface area contributed by atoms with Gasteiger partial charge in [0.2, 0.25) is 5.78 Å². The summed E-state index contributed by atoms with van der Waals surface area (Å²) in [6.45, 7) is 1.02. The van der Waals surface area contributed by atoms with Crippen molar-refractivity contribution >= 4 is 5.78 Å². The average Bonchev–Trinajstić information content (AvgIpc) is 2.87. The molecule has 24 heavy (non-hydrogen) atoms. The van der Waals surface area contributed by atoms with Crippen LogP contribution in [0.15, 0.2) is 48.9 Å². The van der Waals surface area contributed by atoms with Gasteiger partial charge in [-0.05, 0) is 30.8 Å². The molecule has 0 N–H and O–H groups in total. The molecule has 0 saturated carbocycles. The van der Waals surface area contributed by atoms with Crippen LogP contribution in [-0.2, 0) is 13.1 Å². The molecule has 126 valence electrons. The van der Waals surface area contributed by atoms with E-state index in [9.17, 15) is 13.2 Å². The molecular weight excluding hydrogens is 321 g/mol. The van der Waals surface area contributed by atoms with Crippen LogP contribution in [0, 0.1) is 0 Å². The van der Waals surface area contributed by atoms with Gasteiger partial charge in [-0.2, -0.15) is 0 Å². The maximum atomic E-state index is 12.3. The Labute approximate surface area is 136 Å². The van der Waals surface area contributed by atoms with Gasteiger partial charge in [-0.15, -0.1) is 13.2 Å². The van der Waals surface area contributed by atoms with Crippen LogP contribution in [-0.4, -0.2) is 32.7 Å². The Kier molecular flexibility index (Phi) is 4.39. The second kappa shape index (κ2) is 6.48. The van der Waals surface area contributed by atoms with E-state index in [4.69, 9.17) is 0 Å². The number of rotatable bonds is 5. The quantitative estimate of drug-likeness (QED) is 0.717. The number of hydrogen-bond acceptors (Lipinski definition) is 4. The Morgan fingerprint density at radius 3 is 2.79 bits per heavy atom. The van der Waals surface area contributed by atoms with Crippen LogP contribution in [0.3, 0.4) is 0 Å². The minimum absolute atomic E-state index is 0.217. The lowest BCUT2D eigenvalue weighted by molar-refractivity contribution is -0.274. The molecule has 0 unspecified atom stereocenters. The van der Waals surface area contributed by atoms with Gasteiger partial charge in [-0.1, -0.05) is 12.1 Å². The van der Waals surface area contributed by atoms with Gasteiger partial charge >= 0.3 is 6.36 Å². The van der Waals surface area contributed by atoms with E-state index < -0.39 is 6.36 Å². The second-order valence-corrected chi connectivity index (χ2v) is 5.43. The van der Waals surface area contributed by atoms with Gasteiger partial charge in [0, 0.05) is 31.7 Å². The summed E-state index contributed by atoms with van der Waals surface area (Å²) < 4.78 is 42.6. The summed E-state index contributed by atoms with van der Waals surface area (Å²) in [5, 5.41) is 0. The van der Waals surface area contributed by atoms with Crippen LogP contribution in [0.4, 0.5) is 13.2 Å². The SMILES string of the molecule is CN(Cc1cccc(OC(F)(F)F)c1)Cc1cn2cccnc2n1. The van der Waals surface area contributed by atoms with Crippen LogP contribution in [0.25, 0.3) is 5.78 Å². The van der Waals surface area contributed by atoms with Crippen molar-refractivity contribution in [3.63, 3.8) is 0 Å². The molecule has 3 rings (SSSR count). The highest BCUT2D eigenvalue weighted by Crippen LogP contribution is 2.23. The minimum atomic E-state index is -4.69. The first-order chi connectivity index (χ1) is 11.4. The molecule has 0 atom stereocenters. The molecule has 0 spiro atoms. The number of imidazole rings is 1. The van der Waals surface area contributed by atoms with Crippen LogP contribution in [0.1, 0.15) is 11.3 Å². The zero-order valence-corrected chi connectivity index (χ0v) is 12.9. The Bertz CT molecular complexity index is 798. The zero-order valence-electron chi connectivity index (χ0n) is 12.9. The Hall–Kier alpha value is -2.61. The average molecular weight is 336 g/mol. The molecule has 2 aromatic heterocycles. The first-order valence-corrected chi connectivity index (χ1v) is 7.21. The summed E-state index contributed by atoms with van der Waals surface area (Å²) in [7, 11) is 1.87. The van der Waals surface area contributed by atoms with E-state index in [1.54, 1.807) is 18.3 Å². The molecular formula is C16H15F3N4O. The number of aromatic nitrogens is 3. The van der Waals surface area contributed by atoms with Gasteiger partial charge in [0.15, 0.2) is 0 Å². The first-order valence-electron chi connectivity index (χ1n) is 7.21. The molecule has 0 aliphatic heterocycles. The summed E-state index contributed by atoms with van der Waals surface area (Å²) >= 11 is 0. The lowest BCUT2D eigenvalue weighted by Gasteiger charge is -2.16. The normalized spacial score (nSPS) is 12.0. The fourth-order valence-corrected chi connectivity index (χ4v) is 2.44. The molecule has 8 heteroatoms. The zero-order chi connectivity index (χ0) is 17.2. The molecule has 0 fully saturated rings. The molecule has 0 bridgehead atoms. The van der Waals surface area contributed by atoms with Gasteiger partial charge in [-0.3, -0.25) is 9.30 Å². The van der Waals surface area contributed by atoms with E-state index in [0.29, 0.717) is 18.9 Å². The predicted molar refractivity (Wildman–Crippen MR) is 81.3 cm³/mol. The van der Waals surface area contributed by atoms with Crippen molar-refractivity contribution in [2.75, 3.05) is 7.05 Å². The van der Waals surface area contributed by atoms with E-state index >= 15 is 0 Å². The van der Waals surface area contributed by atoms with Gasteiger partial charge < -0.3 is 4.74 Å². The minimum Gasteiger partial charge on any atom is -0.406 e. The fraction of sp³-hybridized carbons (Fsp3) is 0.250. The fourth-order valence-electron chi connectivity index (χ4n) is 2.44. The summed E-state index contributed by atoms with van der Waals surface area (Å²) in [6, 6.07) is 7.78. The van der Waals surface area contributed by atoms with Crippen molar-refractivity contribution in [3.05, 3.63) is 60.2 Å². The van der Waals surface area contributed by atoms with Crippen molar-refractivity contribution in [2.24, 2.45) is 0 Å². The molecule has 2 heterocycles. The number of benzene rings is 1. The summed E-state index contributed by atoms with van der Waals surface area (Å²) in [6.07, 6.45) is 0.717. The number of ether oxygens (including phenoxy) is 1. The number of alkyl halides is 3. The Morgan fingerprint density at radius 1 is 1.21 bits per heavy atom. The molecule has 0 radical (unpaired) electrons. The number of hydrogen-bond donors (Lipinski definition) is 0. The molecule has 0 amide bonds. The molecule has 5 nitrogen and oxygen atoms in total. The van der Waals surface area contributed by atoms with Crippen LogP contribution in [0.2, 0.25) is 0 Å². The van der Waals surface area contributed by atoms with Gasteiger partial charge in [0.1, 0.15) is 5.75 Å². The second-order valence-electron chi connectivity index (χ2n) is 5.43.